The molecule has 0 atom stereocenters. The maximum absolute atomic E-state index is 4.55. The van der Waals surface area contributed by atoms with Gasteiger partial charge in [0.2, 0.25) is 5.95 Å². The van der Waals surface area contributed by atoms with Crippen molar-refractivity contribution in [3.8, 4) is 0 Å². The minimum atomic E-state index is 0.481. The van der Waals surface area contributed by atoms with Gasteiger partial charge in [-0.3, -0.25) is 4.98 Å². The fourth-order valence-corrected chi connectivity index (χ4v) is 3.21. The Hall–Kier alpha value is -2.76. The van der Waals surface area contributed by atoms with Gasteiger partial charge in [-0.2, -0.15) is 10.1 Å². The van der Waals surface area contributed by atoms with E-state index < -0.39 is 0 Å². The highest BCUT2D eigenvalue weighted by atomic mass is 15.3. The minimum absolute atomic E-state index is 0.481. The van der Waals surface area contributed by atoms with Crippen molar-refractivity contribution >= 4 is 28.4 Å². The zero-order valence-electron chi connectivity index (χ0n) is 13.4. The fourth-order valence-electron chi connectivity index (χ4n) is 3.21. The van der Waals surface area contributed by atoms with E-state index in [1.807, 2.05) is 30.3 Å². The molecule has 0 bridgehead atoms. The molecule has 0 amide bonds. The summed E-state index contributed by atoms with van der Waals surface area (Å²) in [6.07, 6.45) is 9.75. The van der Waals surface area contributed by atoms with Crippen LogP contribution in [0.1, 0.15) is 32.1 Å². The molecule has 2 N–H and O–H groups in total. The van der Waals surface area contributed by atoms with E-state index in [2.05, 4.69) is 30.8 Å². The van der Waals surface area contributed by atoms with E-state index in [-0.39, 0.29) is 0 Å². The number of para-hydroxylation sites is 1. The summed E-state index contributed by atoms with van der Waals surface area (Å²) < 4.78 is 0. The summed E-state index contributed by atoms with van der Waals surface area (Å²) in [6.45, 7) is 0. The van der Waals surface area contributed by atoms with Gasteiger partial charge in [0.25, 0.3) is 0 Å². The molecule has 0 spiro atoms. The molecule has 0 saturated heterocycles. The first-order valence-corrected chi connectivity index (χ1v) is 8.45. The third-order valence-electron chi connectivity index (χ3n) is 4.40. The molecular formula is C18H20N6. The highest BCUT2D eigenvalue weighted by molar-refractivity contribution is 5.91. The SMILES string of the molecule is c1cnc2c(Nc3nncc(NC4CCCCC4)n3)cccc2c1. The Kier molecular flexibility index (Phi) is 4.18. The van der Waals surface area contributed by atoms with Gasteiger partial charge in [0, 0.05) is 17.6 Å². The van der Waals surface area contributed by atoms with Crippen LogP contribution in [-0.2, 0) is 0 Å². The van der Waals surface area contributed by atoms with Crippen LogP contribution in [0, 0.1) is 0 Å². The van der Waals surface area contributed by atoms with Crippen LogP contribution in [0.2, 0.25) is 0 Å². The van der Waals surface area contributed by atoms with E-state index in [0.717, 1.165) is 22.4 Å². The predicted octanol–water partition coefficient (Wildman–Crippen LogP) is 3.91. The van der Waals surface area contributed by atoms with Crippen molar-refractivity contribution in [2.45, 2.75) is 38.1 Å². The molecule has 0 radical (unpaired) electrons. The third-order valence-corrected chi connectivity index (χ3v) is 4.40. The second kappa shape index (κ2) is 6.78. The molecule has 6 heteroatoms. The second-order valence-corrected chi connectivity index (χ2v) is 6.15. The van der Waals surface area contributed by atoms with Gasteiger partial charge in [-0.05, 0) is 25.0 Å². The Labute approximate surface area is 140 Å². The summed E-state index contributed by atoms with van der Waals surface area (Å²) in [6, 6.07) is 10.5. The molecule has 122 valence electrons. The standard InChI is InChI=1S/C18H20N6/c1-2-8-14(9-3-1)21-16-12-20-24-18(23-16)22-15-10-4-6-13-7-5-11-19-17(13)15/h4-7,10-12,14H,1-3,8-9H2,(H2,21,22,23,24). The van der Waals surface area contributed by atoms with Crippen LogP contribution in [0.15, 0.2) is 42.7 Å². The third kappa shape index (κ3) is 3.27. The van der Waals surface area contributed by atoms with Crippen molar-refractivity contribution in [1.82, 2.24) is 20.2 Å². The maximum Gasteiger partial charge on any atom is 0.249 e. The molecule has 4 rings (SSSR count). The second-order valence-electron chi connectivity index (χ2n) is 6.15. The van der Waals surface area contributed by atoms with E-state index in [4.69, 9.17) is 0 Å². The molecule has 2 heterocycles. The van der Waals surface area contributed by atoms with Crippen LogP contribution in [-0.4, -0.2) is 26.2 Å². The highest BCUT2D eigenvalue weighted by Gasteiger charge is 2.14. The average molecular weight is 320 g/mol. The van der Waals surface area contributed by atoms with Gasteiger partial charge in [0.05, 0.1) is 17.4 Å². The van der Waals surface area contributed by atoms with E-state index >= 15 is 0 Å². The largest absolute Gasteiger partial charge is 0.366 e. The zero-order valence-corrected chi connectivity index (χ0v) is 13.4. The lowest BCUT2D eigenvalue weighted by molar-refractivity contribution is 0.461. The summed E-state index contributed by atoms with van der Waals surface area (Å²) in [7, 11) is 0. The van der Waals surface area contributed by atoms with Crippen LogP contribution in [0.5, 0.6) is 0 Å². The van der Waals surface area contributed by atoms with Gasteiger partial charge in [0.15, 0.2) is 5.82 Å². The van der Waals surface area contributed by atoms with Gasteiger partial charge in [0.1, 0.15) is 0 Å². The molecule has 1 fully saturated rings. The summed E-state index contributed by atoms with van der Waals surface area (Å²) in [5, 5.41) is 16.0. The number of hydrogen-bond donors (Lipinski definition) is 2. The summed E-state index contributed by atoms with van der Waals surface area (Å²) in [5.41, 5.74) is 1.78. The summed E-state index contributed by atoms with van der Waals surface area (Å²) in [5.74, 6) is 1.25. The van der Waals surface area contributed by atoms with Crippen molar-refractivity contribution in [2.75, 3.05) is 10.6 Å². The molecule has 0 unspecified atom stereocenters. The minimum Gasteiger partial charge on any atom is -0.366 e. The Morgan fingerprint density at radius 3 is 2.79 bits per heavy atom. The van der Waals surface area contributed by atoms with Gasteiger partial charge in [-0.1, -0.05) is 37.5 Å². The van der Waals surface area contributed by atoms with Crippen LogP contribution in [0.3, 0.4) is 0 Å². The van der Waals surface area contributed by atoms with Crippen molar-refractivity contribution in [2.24, 2.45) is 0 Å². The average Bonchev–Trinajstić information content (AvgIpc) is 2.63. The summed E-state index contributed by atoms with van der Waals surface area (Å²) >= 11 is 0. The van der Waals surface area contributed by atoms with Crippen LogP contribution in [0.4, 0.5) is 17.5 Å². The molecule has 0 aliphatic heterocycles. The number of benzene rings is 1. The first-order valence-electron chi connectivity index (χ1n) is 8.45. The Balaban J connectivity index is 1.55. The predicted molar refractivity (Wildman–Crippen MR) is 95.3 cm³/mol. The van der Waals surface area contributed by atoms with E-state index in [1.54, 1.807) is 12.4 Å². The molecule has 1 aliphatic carbocycles. The molecule has 1 saturated carbocycles. The number of pyridine rings is 1. The number of fused-ring (bicyclic) bond motifs is 1. The van der Waals surface area contributed by atoms with E-state index in [0.29, 0.717) is 12.0 Å². The van der Waals surface area contributed by atoms with Gasteiger partial charge in [-0.15, -0.1) is 5.10 Å². The van der Waals surface area contributed by atoms with Crippen molar-refractivity contribution in [3.05, 3.63) is 42.7 Å². The molecule has 1 aliphatic rings. The maximum atomic E-state index is 4.55. The molecule has 1 aromatic carbocycles. The normalized spacial score (nSPS) is 15.3. The van der Waals surface area contributed by atoms with Crippen LogP contribution < -0.4 is 10.6 Å². The van der Waals surface area contributed by atoms with Crippen LogP contribution in [0.25, 0.3) is 10.9 Å². The van der Waals surface area contributed by atoms with E-state index in [1.165, 1.54) is 32.1 Å². The lowest BCUT2D eigenvalue weighted by Gasteiger charge is -2.23. The van der Waals surface area contributed by atoms with E-state index in [9.17, 15) is 0 Å². The molecule has 24 heavy (non-hydrogen) atoms. The molecular weight excluding hydrogens is 300 g/mol. The molecule has 6 nitrogen and oxygen atoms in total. The smallest absolute Gasteiger partial charge is 0.249 e. The number of nitrogens with zero attached hydrogens (tertiary/aromatic N) is 4. The first-order chi connectivity index (χ1) is 11.9. The number of anilines is 3. The fraction of sp³-hybridized carbons (Fsp3) is 0.333. The first kappa shape index (κ1) is 14.8. The van der Waals surface area contributed by atoms with Crippen LogP contribution >= 0.6 is 0 Å². The molecule has 2 aromatic heterocycles. The lowest BCUT2D eigenvalue weighted by atomic mass is 9.96. The quantitative estimate of drug-likeness (QED) is 0.759. The highest BCUT2D eigenvalue weighted by Crippen LogP contribution is 2.24. The topological polar surface area (TPSA) is 75.6 Å². The van der Waals surface area contributed by atoms with Crippen molar-refractivity contribution in [1.29, 1.82) is 0 Å². The molecule has 3 aromatic rings. The Morgan fingerprint density at radius 2 is 1.88 bits per heavy atom. The number of aromatic nitrogens is 4. The zero-order chi connectivity index (χ0) is 16.2. The monoisotopic (exact) mass is 320 g/mol. The van der Waals surface area contributed by atoms with Crippen molar-refractivity contribution in [3.63, 3.8) is 0 Å². The van der Waals surface area contributed by atoms with Gasteiger partial charge < -0.3 is 10.6 Å². The number of nitrogens with one attached hydrogen (secondary N) is 2. The summed E-state index contributed by atoms with van der Waals surface area (Å²) in [4.78, 5) is 8.98. The van der Waals surface area contributed by atoms with Gasteiger partial charge in [-0.25, -0.2) is 0 Å². The van der Waals surface area contributed by atoms with Crippen molar-refractivity contribution < 1.29 is 0 Å². The Morgan fingerprint density at radius 1 is 1.00 bits per heavy atom. The Bertz CT molecular complexity index is 823. The number of rotatable bonds is 4. The number of hydrogen-bond acceptors (Lipinski definition) is 6. The van der Waals surface area contributed by atoms with Gasteiger partial charge >= 0.3 is 0 Å². The lowest BCUT2D eigenvalue weighted by Crippen LogP contribution is -2.23.